The predicted octanol–water partition coefficient (Wildman–Crippen LogP) is 3.54. The molecular formula is C23H26N2O2. The quantitative estimate of drug-likeness (QED) is 0.838. The van der Waals surface area contributed by atoms with E-state index in [9.17, 15) is 9.59 Å². The maximum Gasteiger partial charge on any atom is 0.245 e. The van der Waals surface area contributed by atoms with Crippen LogP contribution < -0.4 is 0 Å². The number of likely N-dealkylation sites (tertiary alicyclic amines) is 1. The summed E-state index contributed by atoms with van der Waals surface area (Å²) < 4.78 is 0. The molecule has 2 aromatic carbocycles. The highest BCUT2D eigenvalue weighted by atomic mass is 16.2. The summed E-state index contributed by atoms with van der Waals surface area (Å²) in [6.45, 7) is 1.90. The molecule has 2 aliphatic rings. The molecule has 140 valence electrons. The van der Waals surface area contributed by atoms with Gasteiger partial charge in [-0.1, -0.05) is 61.0 Å². The monoisotopic (exact) mass is 362 g/mol. The third-order valence-corrected chi connectivity index (χ3v) is 5.74. The zero-order chi connectivity index (χ0) is 18.6. The summed E-state index contributed by atoms with van der Waals surface area (Å²) in [7, 11) is 0. The lowest BCUT2D eigenvalue weighted by Gasteiger charge is -2.36. The molecule has 1 saturated heterocycles. The smallest absolute Gasteiger partial charge is 0.245 e. The first-order valence-electron chi connectivity index (χ1n) is 9.91. The van der Waals surface area contributed by atoms with Gasteiger partial charge in [-0.25, -0.2) is 0 Å². The molecule has 0 aliphatic carbocycles. The zero-order valence-corrected chi connectivity index (χ0v) is 15.6. The number of hydrogen-bond donors (Lipinski definition) is 0. The van der Waals surface area contributed by atoms with Crippen LogP contribution in [0.5, 0.6) is 0 Å². The minimum Gasteiger partial charge on any atom is -0.336 e. The third kappa shape index (κ3) is 3.90. The van der Waals surface area contributed by atoms with Crippen molar-refractivity contribution in [2.75, 3.05) is 6.54 Å². The summed E-state index contributed by atoms with van der Waals surface area (Å²) in [6, 6.07) is 18.0. The van der Waals surface area contributed by atoms with E-state index in [4.69, 9.17) is 0 Å². The number of fused-ring (bicyclic) bond motifs is 1. The molecule has 0 aromatic heterocycles. The molecule has 1 fully saturated rings. The van der Waals surface area contributed by atoms with Crippen molar-refractivity contribution in [2.24, 2.45) is 0 Å². The van der Waals surface area contributed by atoms with Crippen molar-refractivity contribution in [2.45, 2.75) is 51.2 Å². The fraction of sp³-hybridized carbons (Fsp3) is 0.391. The maximum absolute atomic E-state index is 13.4. The van der Waals surface area contributed by atoms with Gasteiger partial charge in [0.2, 0.25) is 11.8 Å². The molecule has 4 rings (SSSR count). The summed E-state index contributed by atoms with van der Waals surface area (Å²) in [4.78, 5) is 29.9. The maximum atomic E-state index is 13.4. The van der Waals surface area contributed by atoms with Crippen molar-refractivity contribution in [3.63, 3.8) is 0 Å². The van der Waals surface area contributed by atoms with Crippen LogP contribution in [0.1, 0.15) is 42.4 Å². The summed E-state index contributed by atoms with van der Waals surface area (Å²) in [6.07, 6.45) is 3.99. The van der Waals surface area contributed by atoms with Crippen LogP contribution in [0.4, 0.5) is 0 Å². The van der Waals surface area contributed by atoms with Gasteiger partial charge < -0.3 is 9.80 Å². The van der Waals surface area contributed by atoms with E-state index in [1.54, 1.807) is 0 Å². The topological polar surface area (TPSA) is 40.6 Å². The Morgan fingerprint density at radius 1 is 0.926 bits per heavy atom. The molecule has 2 aromatic rings. The Morgan fingerprint density at radius 3 is 2.48 bits per heavy atom. The van der Waals surface area contributed by atoms with Crippen LogP contribution >= 0.6 is 0 Å². The van der Waals surface area contributed by atoms with Crippen LogP contribution in [0.3, 0.4) is 0 Å². The number of carbonyl (C=O) groups excluding carboxylic acids is 2. The second kappa shape index (κ2) is 7.95. The molecule has 2 aliphatic heterocycles. The summed E-state index contributed by atoms with van der Waals surface area (Å²) in [5.74, 6) is 0.211. The van der Waals surface area contributed by atoms with Crippen LogP contribution in [0, 0.1) is 0 Å². The molecule has 0 unspecified atom stereocenters. The molecule has 0 N–H and O–H groups in total. The van der Waals surface area contributed by atoms with Gasteiger partial charge in [0.15, 0.2) is 0 Å². The normalized spacial score (nSPS) is 20.1. The minimum atomic E-state index is -0.342. The SMILES string of the molecule is O=C([C@@H]1CCCCC(=O)N1Cc1ccccc1)N1CCc2ccccc2C1. The van der Waals surface area contributed by atoms with Crippen LogP contribution in [0.2, 0.25) is 0 Å². The Bertz CT molecular complexity index is 818. The van der Waals surface area contributed by atoms with Crippen molar-refractivity contribution in [3.8, 4) is 0 Å². The highest BCUT2D eigenvalue weighted by Crippen LogP contribution is 2.25. The number of amides is 2. The van der Waals surface area contributed by atoms with Crippen molar-refractivity contribution in [3.05, 3.63) is 71.3 Å². The van der Waals surface area contributed by atoms with E-state index in [1.165, 1.54) is 11.1 Å². The summed E-state index contributed by atoms with van der Waals surface area (Å²) in [5, 5.41) is 0. The van der Waals surface area contributed by atoms with Crippen molar-refractivity contribution in [1.82, 2.24) is 9.80 Å². The number of carbonyl (C=O) groups is 2. The summed E-state index contributed by atoms with van der Waals surface area (Å²) in [5.41, 5.74) is 3.64. The van der Waals surface area contributed by atoms with Gasteiger partial charge in [-0.3, -0.25) is 9.59 Å². The second-order valence-corrected chi connectivity index (χ2v) is 7.55. The van der Waals surface area contributed by atoms with E-state index < -0.39 is 0 Å². The highest BCUT2D eigenvalue weighted by Gasteiger charge is 2.35. The fourth-order valence-electron chi connectivity index (χ4n) is 4.22. The number of rotatable bonds is 3. The lowest BCUT2D eigenvalue weighted by atomic mass is 9.98. The van der Waals surface area contributed by atoms with E-state index in [2.05, 4.69) is 18.2 Å². The predicted molar refractivity (Wildman–Crippen MR) is 105 cm³/mol. The molecule has 0 spiro atoms. The molecule has 0 bridgehead atoms. The molecule has 4 heteroatoms. The molecule has 2 heterocycles. The Hall–Kier alpha value is -2.62. The minimum absolute atomic E-state index is 0.104. The third-order valence-electron chi connectivity index (χ3n) is 5.74. The second-order valence-electron chi connectivity index (χ2n) is 7.55. The van der Waals surface area contributed by atoms with E-state index in [0.717, 1.165) is 37.8 Å². The molecule has 4 nitrogen and oxygen atoms in total. The highest BCUT2D eigenvalue weighted by molar-refractivity contribution is 5.88. The summed E-state index contributed by atoms with van der Waals surface area (Å²) >= 11 is 0. The standard InChI is InChI=1S/C23H26N2O2/c26-22-13-7-6-12-21(25(22)16-18-8-2-1-3-9-18)23(27)24-15-14-19-10-4-5-11-20(19)17-24/h1-5,8-11,21H,6-7,12-17H2/t21-/m0/s1. The van der Waals surface area contributed by atoms with Crippen molar-refractivity contribution in [1.29, 1.82) is 0 Å². The van der Waals surface area contributed by atoms with Crippen LogP contribution in [-0.4, -0.2) is 34.2 Å². The lowest BCUT2D eigenvalue weighted by Crippen LogP contribution is -2.50. The van der Waals surface area contributed by atoms with Crippen LogP contribution in [0.25, 0.3) is 0 Å². The van der Waals surface area contributed by atoms with Crippen LogP contribution in [0.15, 0.2) is 54.6 Å². The van der Waals surface area contributed by atoms with Gasteiger partial charge >= 0.3 is 0 Å². The van der Waals surface area contributed by atoms with E-state index >= 15 is 0 Å². The van der Waals surface area contributed by atoms with Gasteiger partial charge in [-0.05, 0) is 36.0 Å². The molecule has 0 saturated carbocycles. The van der Waals surface area contributed by atoms with Gasteiger partial charge in [0, 0.05) is 26.1 Å². The number of benzene rings is 2. The van der Waals surface area contributed by atoms with Crippen molar-refractivity contribution < 1.29 is 9.59 Å². The largest absolute Gasteiger partial charge is 0.336 e. The van der Waals surface area contributed by atoms with Gasteiger partial charge in [-0.2, -0.15) is 0 Å². The molecule has 0 radical (unpaired) electrons. The first-order valence-corrected chi connectivity index (χ1v) is 9.91. The molecule has 1 atom stereocenters. The van der Waals surface area contributed by atoms with Gasteiger partial charge in [0.25, 0.3) is 0 Å². The first kappa shape index (κ1) is 17.8. The van der Waals surface area contributed by atoms with Gasteiger partial charge in [0.1, 0.15) is 6.04 Å². The van der Waals surface area contributed by atoms with E-state index in [0.29, 0.717) is 19.5 Å². The van der Waals surface area contributed by atoms with Crippen molar-refractivity contribution >= 4 is 11.8 Å². The first-order chi connectivity index (χ1) is 13.2. The molecule has 2 amide bonds. The lowest BCUT2D eigenvalue weighted by molar-refractivity contribution is -0.146. The molecule has 27 heavy (non-hydrogen) atoms. The zero-order valence-electron chi connectivity index (χ0n) is 15.6. The average Bonchev–Trinajstić information content (AvgIpc) is 2.89. The van der Waals surface area contributed by atoms with Crippen LogP contribution in [-0.2, 0) is 29.1 Å². The fourth-order valence-corrected chi connectivity index (χ4v) is 4.22. The number of hydrogen-bond acceptors (Lipinski definition) is 2. The van der Waals surface area contributed by atoms with Gasteiger partial charge in [-0.15, -0.1) is 0 Å². The molecular weight excluding hydrogens is 336 g/mol. The Morgan fingerprint density at radius 2 is 1.67 bits per heavy atom. The Labute approximate surface area is 160 Å². The Kier molecular flexibility index (Phi) is 5.23. The van der Waals surface area contributed by atoms with E-state index in [-0.39, 0.29) is 17.9 Å². The number of nitrogens with zero attached hydrogens (tertiary/aromatic N) is 2. The van der Waals surface area contributed by atoms with E-state index in [1.807, 2.05) is 46.2 Å². The average molecular weight is 362 g/mol. The Balaban J connectivity index is 1.55. The van der Waals surface area contributed by atoms with Gasteiger partial charge in [0.05, 0.1) is 0 Å².